The first-order chi connectivity index (χ1) is 70.4. The van der Waals surface area contributed by atoms with Crippen molar-refractivity contribution in [3.63, 3.8) is 0 Å². The fraction of sp³-hybridized carbons (Fsp3) is 0. The minimum atomic E-state index is 0.552. The van der Waals surface area contributed by atoms with Gasteiger partial charge in [-0.15, -0.1) is 11.3 Å². The van der Waals surface area contributed by atoms with Gasteiger partial charge in [0.2, 0.25) is 17.1 Å². The number of benzene rings is 22. The van der Waals surface area contributed by atoms with Gasteiger partial charge in [-0.25, -0.2) is 29.9 Å². The minimum absolute atomic E-state index is 0.552. The number of rotatable bonds is 9. The fourth-order valence-corrected chi connectivity index (χ4v) is 23.3. The van der Waals surface area contributed by atoms with E-state index in [-0.39, 0.29) is 0 Å². The first-order valence-electron chi connectivity index (χ1n) is 47.8. The molecule has 0 aliphatic carbocycles. The number of para-hydroxylation sites is 1. The van der Waals surface area contributed by atoms with Crippen molar-refractivity contribution < 1.29 is 13.3 Å². The molecule has 142 heavy (non-hydrogen) atoms. The Kier molecular flexibility index (Phi) is 18.3. The Morgan fingerprint density at radius 1 is 0.197 bits per heavy atom. The summed E-state index contributed by atoms with van der Waals surface area (Å²) in [5, 5.41) is 27.8. The number of hydrogen-bond donors (Lipinski definition) is 0. The summed E-state index contributed by atoms with van der Waals surface area (Å²) >= 11 is 1.88. The number of hydrogen-bond acceptors (Lipinski definition) is 10. The zero-order valence-corrected chi connectivity index (χ0v) is 76.9. The van der Waals surface area contributed by atoms with E-state index < -0.39 is 0 Å². The molecule has 9 aromatic heterocycles. The SMILES string of the molecule is c1cc(-c2cccc(-c3cccc4c3sc3ccc5ccccc5c34)c2)cc(-c2cnc3oc4ccc5ccccc5c4c3n2)c1.c1cc(-c2cccc(-n3c4ccc5ccccc5c4c4c5ccccc5ccc43)c2)cc(-c2cnc3oc4ccc5ccccc5c4c3n2)c1.c1cc(-c2cccc(-n3c4ccccc4c4c5ccccc5ccc43)c2)cc(-c2cnc3oc4ccc5ccccc5c4c3n2)c1. The smallest absolute Gasteiger partial charge is 0.246 e. The normalized spacial score (nSPS) is 11.9. The van der Waals surface area contributed by atoms with E-state index in [0.717, 1.165) is 160 Å². The molecule has 0 atom stereocenters. The van der Waals surface area contributed by atoms with Crippen molar-refractivity contribution >= 4 is 217 Å². The molecule has 0 bridgehead atoms. The van der Waals surface area contributed by atoms with Gasteiger partial charge in [-0.05, 0) is 217 Å². The lowest BCUT2D eigenvalue weighted by molar-refractivity contribution is 0.653. The Morgan fingerprint density at radius 3 is 0.894 bits per heavy atom. The fourth-order valence-electron chi connectivity index (χ4n) is 22.0. The van der Waals surface area contributed by atoms with E-state index in [1.165, 1.54) is 118 Å². The highest BCUT2D eigenvalue weighted by molar-refractivity contribution is 7.26. The van der Waals surface area contributed by atoms with Crippen LogP contribution in [0.1, 0.15) is 0 Å². The highest BCUT2D eigenvalue weighted by atomic mass is 32.1. The van der Waals surface area contributed by atoms with Crippen LogP contribution < -0.4 is 0 Å². The van der Waals surface area contributed by atoms with Crippen LogP contribution in [-0.4, -0.2) is 39.0 Å². The Labute approximate surface area is 814 Å². The maximum atomic E-state index is 6.13. The van der Waals surface area contributed by atoms with Gasteiger partial charge < -0.3 is 22.4 Å². The van der Waals surface area contributed by atoms with Crippen molar-refractivity contribution in [3.8, 4) is 89.7 Å². The summed E-state index contributed by atoms with van der Waals surface area (Å²) in [5.41, 5.74) is 28.2. The molecule has 12 heteroatoms. The molecule has 0 saturated heterocycles. The van der Waals surface area contributed by atoms with Gasteiger partial charge in [-0.3, -0.25) is 0 Å². The van der Waals surface area contributed by atoms with Gasteiger partial charge in [0.25, 0.3) is 0 Å². The predicted molar refractivity (Wildman–Crippen MR) is 590 cm³/mol. The molecule has 0 fully saturated rings. The largest absolute Gasteiger partial charge is 0.436 e. The average Bonchev–Trinajstić information content (AvgIpc) is 1.60. The molecule has 0 spiro atoms. The van der Waals surface area contributed by atoms with Crippen molar-refractivity contribution in [1.29, 1.82) is 0 Å². The first-order valence-corrected chi connectivity index (χ1v) is 48.6. The van der Waals surface area contributed by atoms with Crippen LogP contribution in [0.5, 0.6) is 0 Å². The molecule has 0 N–H and O–H groups in total. The second kappa shape index (κ2) is 32.4. The Balaban J connectivity index is 0.000000102. The maximum absolute atomic E-state index is 6.13. The van der Waals surface area contributed by atoms with Crippen LogP contribution in [0, 0.1) is 0 Å². The third-order valence-electron chi connectivity index (χ3n) is 28.6. The number of fused-ring (bicyclic) bond motifs is 32. The molecule has 660 valence electrons. The Morgan fingerprint density at radius 2 is 0.486 bits per heavy atom. The van der Waals surface area contributed by atoms with Gasteiger partial charge in [0.15, 0.2) is 0 Å². The quantitative estimate of drug-likeness (QED) is 0.139. The number of furan rings is 3. The summed E-state index contributed by atoms with van der Waals surface area (Å²) in [6.07, 6.45) is 5.44. The van der Waals surface area contributed by atoms with Crippen LogP contribution in [0.2, 0.25) is 0 Å². The molecule has 0 amide bonds. The van der Waals surface area contributed by atoms with Gasteiger partial charge in [-0.2, -0.15) is 0 Å². The molecule has 31 rings (SSSR count). The molecular formula is C130H76N8O3S. The third kappa shape index (κ3) is 13.1. The van der Waals surface area contributed by atoms with Crippen molar-refractivity contribution in [2.24, 2.45) is 0 Å². The molecule has 11 nitrogen and oxygen atoms in total. The summed E-state index contributed by atoms with van der Waals surface area (Å²) < 4.78 is 25.8. The van der Waals surface area contributed by atoms with E-state index in [9.17, 15) is 0 Å². The van der Waals surface area contributed by atoms with E-state index >= 15 is 0 Å². The van der Waals surface area contributed by atoms with Gasteiger partial charge in [0.05, 0.1) is 73.9 Å². The summed E-state index contributed by atoms with van der Waals surface area (Å²) in [6, 6.07) is 158. The van der Waals surface area contributed by atoms with Crippen LogP contribution in [0.25, 0.3) is 295 Å². The van der Waals surface area contributed by atoms with Crippen molar-refractivity contribution in [3.05, 3.63) is 461 Å². The summed E-state index contributed by atoms with van der Waals surface area (Å²) in [5.74, 6) is 0. The minimum Gasteiger partial charge on any atom is -0.436 e. The summed E-state index contributed by atoms with van der Waals surface area (Å²) in [6.45, 7) is 0. The lowest BCUT2D eigenvalue weighted by Crippen LogP contribution is -1.94. The highest BCUT2D eigenvalue weighted by Gasteiger charge is 2.25. The van der Waals surface area contributed by atoms with Crippen LogP contribution in [0.3, 0.4) is 0 Å². The lowest BCUT2D eigenvalue weighted by atomic mass is 9.96. The van der Waals surface area contributed by atoms with E-state index in [1.54, 1.807) is 0 Å². The number of thiophene rings is 1. The number of nitrogens with zero attached hydrogens (tertiary/aromatic N) is 8. The van der Waals surface area contributed by atoms with Crippen molar-refractivity contribution in [2.45, 2.75) is 0 Å². The molecule has 0 saturated carbocycles. The van der Waals surface area contributed by atoms with Crippen molar-refractivity contribution in [2.75, 3.05) is 0 Å². The monoisotopic (exact) mass is 1830 g/mol. The van der Waals surface area contributed by atoms with Crippen molar-refractivity contribution in [1.82, 2.24) is 39.0 Å². The molecule has 0 radical (unpaired) electrons. The van der Waals surface area contributed by atoms with Crippen LogP contribution in [0.4, 0.5) is 0 Å². The maximum Gasteiger partial charge on any atom is 0.246 e. The standard InChI is InChI=1S/C46H27N3O.C42H25N3O.C42H24N2OS/c1-4-16-35-28(9-1)19-22-39-42(35)43-36-17-5-2-10-29(36)20-23-40(43)49(39)34-15-8-13-32(26-34)31-12-7-14-33(25-31)38-27-47-46-45(48-38)44-37-18-6-3-11-30(37)21-24-41(44)50-46;1-3-15-32-26(9-1)19-21-37-39(32)34-17-5-6-18-36(34)45(37)31-14-8-12-29(24-31)28-11-7-13-30(23-28)35-25-43-42-41(44-35)40-33-16-4-2-10-27(33)20-22-38(40)46-42;1-3-14-31-26(9-1)19-21-37-38(31)34-17-7-16-33(41(34)46-37)29-12-5-10-27(22-29)28-11-6-13-30(23-28)35-24-43-42-40(44-35)39-32-15-4-2-8-25(32)18-20-36(39)45-42/h1-27H;1-25H;1-24H. The van der Waals surface area contributed by atoms with Gasteiger partial charge in [0, 0.05) is 69.8 Å². The number of aromatic nitrogens is 8. The molecular weight excluding hydrogens is 1750 g/mol. The highest BCUT2D eigenvalue weighted by Crippen LogP contribution is 2.48. The summed E-state index contributed by atoms with van der Waals surface area (Å²) in [7, 11) is 0. The molecule has 0 aliphatic heterocycles. The zero-order valence-electron chi connectivity index (χ0n) is 76.1. The Hall–Kier alpha value is -18.9. The Bertz CT molecular complexity index is 10600. The van der Waals surface area contributed by atoms with E-state index in [0.29, 0.717) is 17.1 Å². The van der Waals surface area contributed by atoms with Crippen LogP contribution in [-0.2, 0) is 0 Å². The lowest BCUT2D eigenvalue weighted by Gasteiger charge is -2.11. The molecule has 31 aromatic rings. The first kappa shape index (κ1) is 80.4. The van der Waals surface area contributed by atoms with Gasteiger partial charge >= 0.3 is 0 Å². The topological polar surface area (TPSA) is 127 Å². The van der Waals surface area contributed by atoms with Crippen LogP contribution in [0.15, 0.2) is 475 Å². The third-order valence-corrected chi connectivity index (χ3v) is 29.8. The second-order valence-electron chi connectivity index (χ2n) is 36.6. The van der Waals surface area contributed by atoms with E-state index in [4.69, 9.17) is 43.2 Å². The van der Waals surface area contributed by atoms with E-state index in [2.05, 4.69) is 434 Å². The molecule has 9 heterocycles. The molecule has 0 aliphatic rings. The molecule has 0 unspecified atom stereocenters. The second-order valence-corrected chi connectivity index (χ2v) is 37.7. The van der Waals surface area contributed by atoms with E-state index in [1.807, 2.05) is 48.1 Å². The average molecular weight is 1830 g/mol. The van der Waals surface area contributed by atoms with Crippen LogP contribution >= 0.6 is 11.3 Å². The molecule has 22 aromatic carbocycles. The summed E-state index contributed by atoms with van der Waals surface area (Å²) in [4.78, 5) is 29.5. The van der Waals surface area contributed by atoms with Gasteiger partial charge in [-0.1, -0.05) is 346 Å². The zero-order chi connectivity index (χ0) is 93.1. The predicted octanol–water partition coefficient (Wildman–Crippen LogP) is 35.4. The van der Waals surface area contributed by atoms with Gasteiger partial charge in [0.1, 0.15) is 33.3 Å².